The van der Waals surface area contributed by atoms with E-state index in [-0.39, 0.29) is 18.2 Å². The number of ketones is 1. The third-order valence-corrected chi connectivity index (χ3v) is 4.49. The van der Waals surface area contributed by atoms with E-state index >= 15 is 0 Å². The lowest BCUT2D eigenvalue weighted by molar-refractivity contribution is 0.0844. The fourth-order valence-corrected chi connectivity index (χ4v) is 3.01. The lowest BCUT2D eigenvalue weighted by atomic mass is 10.1. The summed E-state index contributed by atoms with van der Waals surface area (Å²) in [5.41, 5.74) is 2.10. The van der Waals surface area contributed by atoms with Gasteiger partial charge in [0.25, 0.3) is 0 Å². The van der Waals surface area contributed by atoms with Crippen LogP contribution in [0.3, 0.4) is 0 Å². The first-order valence-electron chi connectivity index (χ1n) is 8.40. The fraction of sp³-hybridized carbons (Fsp3) is 0.350. The van der Waals surface area contributed by atoms with Gasteiger partial charge in [-0.15, -0.1) is 12.4 Å². The lowest BCUT2D eigenvalue weighted by Crippen LogP contribution is -2.47. The second-order valence-electron chi connectivity index (χ2n) is 6.19. The maximum absolute atomic E-state index is 12.3. The first-order chi connectivity index (χ1) is 11.7. The number of ether oxygens (including phenoxy) is 1. The van der Waals surface area contributed by atoms with E-state index in [4.69, 9.17) is 4.74 Å². The normalized spacial score (nSPS) is 15.4. The predicted molar refractivity (Wildman–Crippen MR) is 103 cm³/mol. The molecule has 1 fully saturated rings. The molecule has 5 heteroatoms. The van der Waals surface area contributed by atoms with E-state index < -0.39 is 0 Å². The molecule has 3 rings (SSSR count). The Hall–Kier alpha value is -1.88. The van der Waals surface area contributed by atoms with Crippen molar-refractivity contribution in [2.45, 2.75) is 6.54 Å². The van der Waals surface area contributed by atoms with Gasteiger partial charge in [0.2, 0.25) is 0 Å². The van der Waals surface area contributed by atoms with Gasteiger partial charge >= 0.3 is 0 Å². The Morgan fingerprint density at radius 3 is 2.12 bits per heavy atom. The van der Waals surface area contributed by atoms with Crippen LogP contribution in [0.25, 0.3) is 0 Å². The number of carbonyl (C=O) groups is 1. The van der Waals surface area contributed by atoms with Crippen molar-refractivity contribution in [1.29, 1.82) is 0 Å². The Kier molecular flexibility index (Phi) is 7.44. The molecule has 1 heterocycles. The number of hydrogen-bond acceptors (Lipinski definition) is 4. The minimum Gasteiger partial charge on any atom is -0.497 e. The number of hydrogen-bond donors (Lipinski definition) is 0. The highest BCUT2D eigenvalue weighted by atomic mass is 35.5. The van der Waals surface area contributed by atoms with Gasteiger partial charge in [-0.1, -0.05) is 42.5 Å². The summed E-state index contributed by atoms with van der Waals surface area (Å²) in [6, 6.07) is 17.8. The van der Waals surface area contributed by atoms with Crippen molar-refractivity contribution in [3.05, 3.63) is 65.7 Å². The molecule has 1 saturated heterocycles. The summed E-state index contributed by atoms with van der Waals surface area (Å²) < 4.78 is 5.19. The number of Topliss-reactive ketones (excluding diaryl/α,β-unsaturated/α-hetero) is 1. The van der Waals surface area contributed by atoms with Crippen LogP contribution in [-0.4, -0.2) is 55.4 Å². The summed E-state index contributed by atoms with van der Waals surface area (Å²) >= 11 is 0. The van der Waals surface area contributed by atoms with Crippen LogP contribution in [0.2, 0.25) is 0 Å². The molecule has 0 atom stereocenters. The quantitative estimate of drug-likeness (QED) is 0.741. The molecule has 0 radical (unpaired) electrons. The predicted octanol–water partition coefficient (Wildman–Crippen LogP) is 3.12. The third kappa shape index (κ3) is 5.56. The number of piperazine rings is 1. The van der Waals surface area contributed by atoms with E-state index in [1.54, 1.807) is 7.11 Å². The molecule has 2 aromatic rings. The first kappa shape index (κ1) is 19.4. The van der Waals surface area contributed by atoms with Crippen LogP contribution in [0.5, 0.6) is 5.75 Å². The number of methoxy groups -OCH3 is 1. The van der Waals surface area contributed by atoms with E-state index in [2.05, 4.69) is 21.9 Å². The van der Waals surface area contributed by atoms with E-state index in [9.17, 15) is 4.79 Å². The Labute approximate surface area is 155 Å². The number of carbonyl (C=O) groups excluding carboxylic acids is 1. The zero-order chi connectivity index (χ0) is 16.8. The van der Waals surface area contributed by atoms with Gasteiger partial charge in [0.1, 0.15) is 5.75 Å². The maximum Gasteiger partial charge on any atom is 0.176 e. The molecule has 0 unspecified atom stereocenters. The van der Waals surface area contributed by atoms with Crippen molar-refractivity contribution < 1.29 is 9.53 Å². The van der Waals surface area contributed by atoms with Crippen LogP contribution >= 0.6 is 12.4 Å². The molecule has 1 aliphatic heterocycles. The fourth-order valence-electron chi connectivity index (χ4n) is 3.01. The topological polar surface area (TPSA) is 32.8 Å². The van der Waals surface area contributed by atoms with Crippen molar-refractivity contribution in [2.24, 2.45) is 0 Å². The molecule has 0 N–H and O–H groups in total. The van der Waals surface area contributed by atoms with Gasteiger partial charge in [-0.2, -0.15) is 0 Å². The summed E-state index contributed by atoms with van der Waals surface area (Å²) in [6.45, 7) is 5.33. The number of nitrogens with zero attached hydrogens (tertiary/aromatic N) is 2. The molecule has 0 aliphatic carbocycles. The standard InChI is InChI=1S/C20H24N2O2.ClH/c1-24-19-9-7-17(8-10-19)15-21-11-13-22(14-12-21)16-20(23)18-5-3-2-4-6-18;/h2-10H,11-16H2,1H3;1H. The monoisotopic (exact) mass is 360 g/mol. The highest BCUT2D eigenvalue weighted by Gasteiger charge is 2.19. The summed E-state index contributed by atoms with van der Waals surface area (Å²) in [5, 5.41) is 0. The van der Waals surface area contributed by atoms with Gasteiger partial charge in [-0.3, -0.25) is 14.6 Å². The van der Waals surface area contributed by atoms with Crippen molar-refractivity contribution in [1.82, 2.24) is 9.80 Å². The molecule has 4 nitrogen and oxygen atoms in total. The van der Waals surface area contributed by atoms with E-state index in [1.807, 2.05) is 42.5 Å². The van der Waals surface area contributed by atoms with Gasteiger partial charge < -0.3 is 4.74 Å². The van der Waals surface area contributed by atoms with Crippen molar-refractivity contribution in [2.75, 3.05) is 39.8 Å². The molecule has 134 valence electrons. The second-order valence-corrected chi connectivity index (χ2v) is 6.19. The Bertz CT molecular complexity index is 653. The van der Waals surface area contributed by atoms with E-state index in [0.29, 0.717) is 6.54 Å². The Morgan fingerprint density at radius 2 is 1.52 bits per heavy atom. The Morgan fingerprint density at radius 1 is 0.920 bits per heavy atom. The molecule has 0 spiro atoms. The van der Waals surface area contributed by atoms with Gasteiger partial charge in [-0.25, -0.2) is 0 Å². The van der Waals surface area contributed by atoms with E-state index in [1.165, 1.54) is 5.56 Å². The molecular weight excluding hydrogens is 336 g/mol. The summed E-state index contributed by atoms with van der Waals surface area (Å²) in [4.78, 5) is 17.0. The molecule has 0 aromatic heterocycles. The number of halogens is 1. The zero-order valence-corrected chi connectivity index (χ0v) is 15.4. The van der Waals surface area contributed by atoms with Crippen LogP contribution in [-0.2, 0) is 6.54 Å². The van der Waals surface area contributed by atoms with Crippen LogP contribution in [0.15, 0.2) is 54.6 Å². The molecule has 0 amide bonds. The largest absolute Gasteiger partial charge is 0.497 e. The van der Waals surface area contributed by atoms with Crippen molar-refractivity contribution in [3.63, 3.8) is 0 Å². The second kappa shape index (κ2) is 9.56. The molecule has 0 saturated carbocycles. The van der Waals surface area contributed by atoms with Gasteiger partial charge in [0.15, 0.2) is 5.78 Å². The summed E-state index contributed by atoms with van der Waals surface area (Å²) in [5.74, 6) is 1.10. The van der Waals surface area contributed by atoms with E-state index in [0.717, 1.165) is 44.0 Å². The maximum atomic E-state index is 12.3. The van der Waals surface area contributed by atoms with Crippen LogP contribution < -0.4 is 4.74 Å². The lowest BCUT2D eigenvalue weighted by Gasteiger charge is -2.34. The van der Waals surface area contributed by atoms with Crippen molar-refractivity contribution >= 4 is 18.2 Å². The minimum absolute atomic E-state index is 0. The van der Waals surface area contributed by atoms with Crippen LogP contribution in [0.4, 0.5) is 0 Å². The van der Waals surface area contributed by atoms with Crippen molar-refractivity contribution in [3.8, 4) is 5.75 Å². The van der Waals surface area contributed by atoms with Crippen LogP contribution in [0.1, 0.15) is 15.9 Å². The Balaban J connectivity index is 0.00000225. The zero-order valence-electron chi connectivity index (χ0n) is 14.6. The van der Waals surface area contributed by atoms with Gasteiger partial charge in [-0.05, 0) is 17.7 Å². The number of benzene rings is 2. The average molecular weight is 361 g/mol. The molecule has 0 bridgehead atoms. The molecule has 1 aliphatic rings. The number of rotatable bonds is 6. The highest BCUT2D eigenvalue weighted by molar-refractivity contribution is 5.97. The average Bonchev–Trinajstić information content (AvgIpc) is 2.65. The first-order valence-corrected chi connectivity index (χ1v) is 8.40. The molecule has 2 aromatic carbocycles. The molecule has 25 heavy (non-hydrogen) atoms. The summed E-state index contributed by atoms with van der Waals surface area (Å²) in [7, 11) is 1.69. The SMILES string of the molecule is COc1ccc(CN2CCN(CC(=O)c3ccccc3)CC2)cc1.Cl. The van der Waals surface area contributed by atoms with Gasteiger partial charge in [0, 0.05) is 38.3 Å². The summed E-state index contributed by atoms with van der Waals surface area (Å²) in [6.07, 6.45) is 0. The minimum atomic E-state index is 0. The smallest absolute Gasteiger partial charge is 0.176 e. The van der Waals surface area contributed by atoms with Crippen LogP contribution in [0, 0.1) is 0 Å². The highest BCUT2D eigenvalue weighted by Crippen LogP contribution is 2.14. The molecular formula is C20H25ClN2O2. The third-order valence-electron chi connectivity index (χ3n) is 4.49. The van der Waals surface area contributed by atoms with Gasteiger partial charge in [0.05, 0.1) is 13.7 Å².